The fourth-order valence-electron chi connectivity index (χ4n) is 0. The van der Waals surface area contributed by atoms with Gasteiger partial charge in [-0.2, -0.15) is 0 Å². The predicted octanol–water partition coefficient (Wildman–Crippen LogP) is 1.37. The van der Waals surface area contributed by atoms with Crippen molar-refractivity contribution in [3.63, 3.8) is 0 Å². The molecule has 0 saturated carbocycles. The molecule has 0 rings (SSSR count). The van der Waals surface area contributed by atoms with Crippen LogP contribution in [0.2, 0.25) is 0 Å². The van der Waals surface area contributed by atoms with Gasteiger partial charge >= 0.3 is 35.0 Å². The molecule has 0 N–H and O–H groups in total. The van der Waals surface area contributed by atoms with Crippen LogP contribution in [0, 0.1) is 0 Å². The van der Waals surface area contributed by atoms with Crippen LogP contribution in [-0.2, 0) is 37.0 Å². The smallest absolute Gasteiger partial charge is 0 e. The second kappa shape index (κ2) is 8.87. The van der Waals surface area contributed by atoms with E-state index in [9.17, 15) is 0 Å². The molecule has 0 aliphatic heterocycles. The summed E-state index contributed by atoms with van der Waals surface area (Å²) in [7, 11) is 9.63. The Morgan fingerprint density at radius 3 is 1.25 bits per heavy atom. The number of rotatable bonds is 0. The minimum absolute atomic E-state index is 0. The molecule has 0 aromatic heterocycles. The topological polar surface area (TPSA) is 0 Å². The van der Waals surface area contributed by atoms with E-state index in [0.29, 0.717) is 0 Å². The van der Waals surface area contributed by atoms with Gasteiger partial charge in [-0.25, -0.2) is 0 Å². The van der Waals surface area contributed by atoms with Crippen molar-refractivity contribution in [3.05, 3.63) is 0 Å². The van der Waals surface area contributed by atoms with E-state index < -0.39 is 0 Å². The van der Waals surface area contributed by atoms with Crippen molar-refractivity contribution in [2.24, 2.45) is 0 Å². The maximum absolute atomic E-state index is 4.81. The Labute approximate surface area is 55.6 Å². The molecule has 30 valence electrons. The summed E-state index contributed by atoms with van der Waals surface area (Å²) in [6.45, 7) is 0. The molecule has 4 heteroatoms. The van der Waals surface area contributed by atoms with Crippen LogP contribution in [0.25, 0.3) is 0 Å². The summed E-state index contributed by atoms with van der Waals surface area (Å²) >= 11 is -0.106. The van der Waals surface area contributed by atoms with Crippen molar-refractivity contribution >= 4 is 19.1 Å². The summed E-state index contributed by atoms with van der Waals surface area (Å²) in [6.07, 6.45) is 0. The van der Waals surface area contributed by atoms with Crippen molar-refractivity contribution in [1.29, 1.82) is 0 Å². The molecule has 0 aromatic carbocycles. The molecule has 0 bridgehead atoms. The first-order valence-corrected chi connectivity index (χ1v) is 4.24. The third-order valence-corrected chi connectivity index (χ3v) is 0. The molecule has 0 fully saturated rings. The second-order valence-corrected chi connectivity index (χ2v) is 2.41. The van der Waals surface area contributed by atoms with E-state index in [0.717, 1.165) is 0 Å². The molecule has 0 aliphatic rings. The normalized spacial score (nSPS) is 5.50. The minimum Gasteiger partial charge on any atom is 0 e. The number of hydrogen-bond donors (Lipinski definition) is 0. The average Bonchev–Trinajstić information content (AvgIpc) is 0.918. The van der Waals surface area contributed by atoms with E-state index in [1.54, 1.807) is 0 Å². The average molecular weight is 273 g/mol. The first-order chi connectivity index (χ1) is 1.41. The molecule has 0 aliphatic carbocycles. The molecule has 0 heterocycles. The summed E-state index contributed by atoms with van der Waals surface area (Å²) in [5, 5.41) is 0. The SMILES string of the molecule is [Cl][Pd][Cl].[Mo]. The molecule has 0 unspecified atom stereocenters. The van der Waals surface area contributed by atoms with Gasteiger partial charge in [0.15, 0.2) is 0 Å². The third kappa shape index (κ3) is 9.06. The monoisotopic (exact) mass is 274 g/mol. The Kier molecular flexibility index (Phi) is 20.7. The van der Waals surface area contributed by atoms with E-state index >= 15 is 0 Å². The summed E-state index contributed by atoms with van der Waals surface area (Å²) < 4.78 is 0. The van der Waals surface area contributed by atoms with Crippen molar-refractivity contribution < 1.29 is 37.0 Å². The first-order valence-electron chi connectivity index (χ1n) is 0.239. The largest absolute Gasteiger partial charge is 0 e. The van der Waals surface area contributed by atoms with Crippen LogP contribution >= 0.6 is 19.1 Å². The molecule has 0 nitrogen and oxygen atoms in total. The zero-order chi connectivity index (χ0) is 2.71. The molecule has 0 spiro atoms. The molecule has 4 heavy (non-hydrogen) atoms. The van der Waals surface area contributed by atoms with E-state index in [1.165, 1.54) is 0 Å². The summed E-state index contributed by atoms with van der Waals surface area (Å²) in [4.78, 5) is 0. The van der Waals surface area contributed by atoms with Gasteiger partial charge in [0.25, 0.3) is 0 Å². The Hall–Kier alpha value is 1.93. The van der Waals surface area contributed by atoms with E-state index in [-0.39, 0.29) is 37.0 Å². The maximum Gasteiger partial charge on any atom is 0 e. The second-order valence-electron chi connectivity index (χ2n) is 0.0452. The standard InChI is InChI=1S/2ClH.Mo.Pd/h2*1H;;/q;;;+2/p-2. The van der Waals surface area contributed by atoms with E-state index in [4.69, 9.17) is 19.1 Å². The van der Waals surface area contributed by atoms with Crippen LogP contribution in [0.1, 0.15) is 0 Å². The van der Waals surface area contributed by atoms with Gasteiger partial charge in [-0.3, -0.25) is 0 Å². The van der Waals surface area contributed by atoms with Crippen molar-refractivity contribution in [2.75, 3.05) is 0 Å². The van der Waals surface area contributed by atoms with Gasteiger partial charge in [-0.1, -0.05) is 0 Å². The van der Waals surface area contributed by atoms with Crippen LogP contribution in [-0.4, -0.2) is 0 Å². The summed E-state index contributed by atoms with van der Waals surface area (Å²) in [5.74, 6) is 0. The zero-order valence-electron chi connectivity index (χ0n) is 1.48. The fraction of sp³-hybridized carbons (Fsp3) is 0. The Morgan fingerprint density at radius 1 is 1.25 bits per heavy atom. The molecule has 0 amide bonds. The Bertz CT molecular complexity index is 6.00. The van der Waals surface area contributed by atoms with Crippen molar-refractivity contribution in [3.8, 4) is 0 Å². The molecule has 0 atom stereocenters. The molecular weight excluding hydrogens is 273 g/mol. The predicted molar refractivity (Wildman–Crippen MR) is 11.7 cm³/mol. The van der Waals surface area contributed by atoms with Gasteiger partial charge in [-0.15, -0.1) is 0 Å². The van der Waals surface area contributed by atoms with Gasteiger partial charge in [-0.05, 0) is 0 Å². The van der Waals surface area contributed by atoms with Crippen LogP contribution in [0.5, 0.6) is 0 Å². The van der Waals surface area contributed by atoms with Gasteiger partial charge in [0.2, 0.25) is 0 Å². The molecular formula is Cl2MoPd. The fourth-order valence-corrected chi connectivity index (χ4v) is 0. The van der Waals surface area contributed by atoms with Crippen LogP contribution in [0.3, 0.4) is 0 Å². The summed E-state index contributed by atoms with van der Waals surface area (Å²) in [6, 6.07) is 0. The van der Waals surface area contributed by atoms with Crippen LogP contribution < -0.4 is 0 Å². The van der Waals surface area contributed by atoms with Crippen molar-refractivity contribution in [1.82, 2.24) is 0 Å². The minimum atomic E-state index is -0.106. The quantitative estimate of drug-likeness (QED) is 0.585. The van der Waals surface area contributed by atoms with Crippen LogP contribution in [0.4, 0.5) is 0 Å². The van der Waals surface area contributed by atoms with E-state index in [1.807, 2.05) is 0 Å². The molecule has 0 aromatic rings. The zero-order valence-corrected chi connectivity index (χ0v) is 6.55. The Morgan fingerprint density at radius 2 is 1.25 bits per heavy atom. The third-order valence-electron chi connectivity index (χ3n) is 0. The van der Waals surface area contributed by atoms with Gasteiger partial charge in [0.05, 0.1) is 0 Å². The first kappa shape index (κ1) is 9.33. The molecule has 0 saturated heterocycles. The van der Waals surface area contributed by atoms with Crippen LogP contribution in [0.15, 0.2) is 0 Å². The summed E-state index contributed by atoms with van der Waals surface area (Å²) in [5.41, 5.74) is 0. The van der Waals surface area contributed by atoms with Gasteiger partial charge < -0.3 is 0 Å². The van der Waals surface area contributed by atoms with Crippen molar-refractivity contribution in [2.45, 2.75) is 0 Å². The number of hydrogen-bond acceptors (Lipinski definition) is 0. The van der Waals surface area contributed by atoms with Gasteiger partial charge in [0, 0.05) is 21.1 Å². The molecule has 0 radical (unpaired) electrons. The maximum atomic E-state index is 4.81. The van der Waals surface area contributed by atoms with Gasteiger partial charge in [0.1, 0.15) is 0 Å². The Balaban J connectivity index is 0. The number of halogens is 2. The van der Waals surface area contributed by atoms with E-state index in [2.05, 4.69) is 0 Å².